The van der Waals surface area contributed by atoms with Crippen molar-refractivity contribution in [2.45, 2.75) is 18.9 Å². The second-order valence-electron chi connectivity index (χ2n) is 5.57. The molecular weight excluding hydrogens is 328 g/mol. The zero-order valence-electron chi connectivity index (χ0n) is 13.8. The molecular formula is C17H22N2O4S. The molecule has 1 N–H and O–H groups in total. The van der Waals surface area contributed by atoms with E-state index in [9.17, 15) is 13.2 Å². The maximum Gasteiger partial charge on any atom is 0.242 e. The van der Waals surface area contributed by atoms with E-state index in [4.69, 9.17) is 4.42 Å². The highest BCUT2D eigenvalue weighted by atomic mass is 32.2. The highest BCUT2D eigenvalue weighted by Gasteiger charge is 2.30. The number of sulfonamides is 1. The average molecular weight is 350 g/mol. The second-order valence-corrected chi connectivity index (χ2v) is 7.61. The Hall–Kier alpha value is -2.12. The van der Waals surface area contributed by atoms with Crippen molar-refractivity contribution in [2.24, 2.45) is 0 Å². The monoisotopic (exact) mass is 350 g/mol. The normalized spacial score (nSPS) is 13.0. The lowest BCUT2D eigenvalue weighted by molar-refractivity contribution is -0.124. The predicted octanol–water partition coefficient (Wildman–Crippen LogP) is 1.96. The summed E-state index contributed by atoms with van der Waals surface area (Å²) in [6.45, 7) is 0.445. The summed E-state index contributed by atoms with van der Waals surface area (Å²) in [6.07, 6.45) is 4.13. The molecule has 1 amide bonds. The van der Waals surface area contributed by atoms with Crippen LogP contribution in [0.2, 0.25) is 0 Å². The minimum absolute atomic E-state index is 0.339. The van der Waals surface area contributed by atoms with Crippen molar-refractivity contribution < 1.29 is 17.6 Å². The van der Waals surface area contributed by atoms with Crippen LogP contribution in [0.1, 0.15) is 23.8 Å². The average Bonchev–Trinajstić information content (AvgIpc) is 3.05. The molecule has 1 atom stereocenters. The first-order valence-electron chi connectivity index (χ1n) is 7.67. The SMILES string of the molecule is CN([C@H](C(=O)NCCCc1ccco1)c1ccccc1)S(C)(=O)=O. The highest BCUT2D eigenvalue weighted by Crippen LogP contribution is 2.21. The van der Waals surface area contributed by atoms with Gasteiger partial charge in [-0.05, 0) is 24.1 Å². The molecule has 1 aromatic carbocycles. The van der Waals surface area contributed by atoms with Gasteiger partial charge in [0.25, 0.3) is 0 Å². The third-order valence-electron chi connectivity index (χ3n) is 3.73. The van der Waals surface area contributed by atoms with Gasteiger partial charge in [0.15, 0.2) is 0 Å². The lowest BCUT2D eigenvalue weighted by atomic mass is 10.1. The summed E-state index contributed by atoms with van der Waals surface area (Å²) in [6, 6.07) is 11.7. The van der Waals surface area contributed by atoms with Gasteiger partial charge in [0.1, 0.15) is 11.8 Å². The molecule has 2 rings (SSSR count). The summed E-state index contributed by atoms with van der Waals surface area (Å²) >= 11 is 0. The first-order chi connectivity index (χ1) is 11.4. The fourth-order valence-electron chi connectivity index (χ4n) is 2.38. The number of hydrogen-bond donors (Lipinski definition) is 1. The molecule has 1 heterocycles. The van der Waals surface area contributed by atoms with E-state index in [-0.39, 0.29) is 5.91 Å². The van der Waals surface area contributed by atoms with E-state index in [0.29, 0.717) is 24.9 Å². The Labute approximate surface area is 142 Å². The molecule has 6 nitrogen and oxygen atoms in total. The molecule has 0 unspecified atom stereocenters. The number of likely N-dealkylation sites (N-methyl/N-ethyl adjacent to an activating group) is 1. The van der Waals surface area contributed by atoms with E-state index < -0.39 is 16.1 Å². The van der Waals surface area contributed by atoms with E-state index in [1.165, 1.54) is 7.05 Å². The predicted molar refractivity (Wildman–Crippen MR) is 91.8 cm³/mol. The standard InChI is InChI=1S/C17H22N2O4S/c1-19(24(2,21)22)16(14-8-4-3-5-9-14)17(20)18-12-6-10-15-11-7-13-23-15/h3-5,7-9,11,13,16H,6,10,12H2,1-2H3,(H,18,20)/t16-/m0/s1. The molecule has 0 bridgehead atoms. The van der Waals surface area contributed by atoms with Gasteiger partial charge in [0, 0.05) is 20.0 Å². The van der Waals surface area contributed by atoms with E-state index in [1.54, 1.807) is 30.5 Å². The molecule has 2 aromatic rings. The Bertz CT molecular complexity index is 742. The quantitative estimate of drug-likeness (QED) is 0.738. The summed E-state index contributed by atoms with van der Waals surface area (Å²) in [5.74, 6) is 0.519. The second kappa shape index (κ2) is 8.12. The number of carbonyl (C=O) groups is 1. The lowest BCUT2D eigenvalue weighted by Crippen LogP contribution is -2.41. The van der Waals surface area contributed by atoms with Crippen molar-refractivity contribution >= 4 is 15.9 Å². The zero-order valence-corrected chi connectivity index (χ0v) is 14.6. The summed E-state index contributed by atoms with van der Waals surface area (Å²) in [4.78, 5) is 12.6. The van der Waals surface area contributed by atoms with Gasteiger partial charge >= 0.3 is 0 Å². The minimum atomic E-state index is -3.50. The summed E-state index contributed by atoms with van der Waals surface area (Å²) in [5.41, 5.74) is 0.633. The first-order valence-corrected chi connectivity index (χ1v) is 9.52. The van der Waals surface area contributed by atoms with Crippen molar-refractivity contribution in [3.05, 3.63) is 60.1 Å². The maximum atomic E-state index is 12.6. The number of carbonyl (C=O) groups excluding carboxylic acids is 1. The molecule has 0 saturated heterocycles. The highest BCUT2D eigenvalue weighted by molar-refractivity contribution is 7.88. The molecule has 1 aromatic heterocycles. The van der Waals surface area contributed by atoms with Gasteiger partial charge in [-0.1, -0.05) is 30.3 Å². The zero-order chi connectivity index (χ0) is 17.6. The third kappa shape index (κ3) is 4.94. The van der Waals surface area contributed by atoms with Crippen molar-refractivity contribution in [3.8, 4) is 0 Å². The fourth-order valence-corrected chi connectivity index (χ4v) is 2.98. The summed E-state index contributed by atoms with van der Waals surface area (Å²) < 4.78 is 30.1. The molecule has 0 aliphatic heterocycles. The molecule has 130 valence electrons. The van der Waals surface area contributed by atoms with Crippen LogP contribution in [0.4, 0.5) is 0 Å². The largest absolute Gasteiger partial charge is 0.469 e. The first kappa shape index (κ1) is 18.2. The van der Waals surface area contributed by atoms with E-state index >= 15 is 0 Å². The Balaban J connectivity index is 2.02. The van der Waals surface area contributed by atoms with Crippen LogP contribution in [-0.2, 0) is 21.2 Å². The lowest BCUT2D eigenvalue weighted by Gasteiger charge is -2.25. The molecule has 0 aliphatic rings. The number of nitrogens with one attached hydrogen (secondary N) is 1. The van der Waals surface area contributed by atoms with Crippen LogP contribution in [0, 0.1) is 0 Å². The van der Waals surface area contributed by atoms with Crippen LogP contribution in [0.15, 0.2) is 53.1 Å². The number of benzene rings is 1. The van der Waals surface area contributed by atoms with Gasteiger partial charge in [0.05, 0.1) is 12.5 Å². The van der Waals surface area contributed by atoms with Crippen molar-refractivity contribution in [2.75, 3.05) is 19.8 Å². The molecule has 7 heteroatoms. The molecule has 0 radical (unpaired) electrons. The number of nitrogens with zero attached hydrogens (tertiary/aromatic N) is 1. The maximum absolute atomic E-state index is 12.6. The van der Waals surface area contributed by atoms with E-state index in [0.717, 1.165) is 16.3 Å². The number of aryl methyl sites for hydroxylation is 1. The van der Waals surface area contributed by atoms with Crippen LogP contribution in [-0.4, -0.2) is 38.5 Å². The van der Waals surface area contributed by atoms with Crippen molar-refractivity contribution in [1.29, 1.82) is 0 Å². The summed E-state index contributed by atoms with van der Waals surface area (Å²) in [7, 11) is -2.09. The van der Waals surface area contributed by atoms with Gasteiger partial charge < -0.3 is 9.73 Å². The minimum Gasteiger partial charge on any atom is -0.469 e. The number of amides is 1. The fraction of sp³-hybridized carbons (Fsp3) is 0.353. The number of furan rings is 1. The number of rotatable bonds is 8. The Morgan fingerprint density at radius 1 is 1.21 bits per heavy atom. The summed E-state index contributed by atoms with van der Waals surface area (Å²) in [5, 5.41) is 2.81. The third-order valence-corrected chi connectivity index (χ3v) is 4.99. The van der Waals surface area contributed by atoms with E-state index in [1.807, 2.05) is 18.2 Å². The Morgan fingerprint density at radius 3 is 2.50 bits per heavy atom. The van der Waals surface area contributed by atoms with Crippen LogP contribution in [0.5, 0.6) is 0 Å². The number of hydrogen-bond acceptors (Lipinski definition) is 4. The van der Waals surface area contributed by atoms with Gasteiger partial charge in [-0.2, -0.15) is 4.31 Å². The Morgan fingerprint density at radius 2 is 1.92 bits per heavy atom. The molecule has 0 spiro atoms. The van der Waals surface area contributed by atoms with Crippen molar-refractivity contribution in [1.82, 2.24) is 9.62 Å². The van der Waals surface area contributed by atoms with Crippen LogP contribution < -0.4 is 5.32 Å². The van der Waals surface area contributed by atoms with Gasteiger partial charge in [-0.15, -0.1) is 0 Å². The van der Waals surface area contributed by atoms with Gasteiger partial charge in [0.2, 0.25) is 15.9 Å². The van der Waals surface area contributed by atoms with Crippen LogP contribution in [0.3, 0.4) is 0 Å². The molecule has 0 fully saturated rings. The van der Waals surface area contributed by atoms with Crippen molar-refractivity contribution in [3.63, 3.8) is 0 Å². The molecule has 0 aliphatic carbocycles. The Kier molecular flexibility index (Phi) is 6.16. The van der Waals surface area contributed by atoms with Crippen LogP contribution >= 0.6 is 0 Å². The topological polar surface area (TPSA) is 79.6 Å². The molecule has 24 heavy (non-hydrogen) atoms. The van der Waals surface area contributed by atoms with Gasteiger partial charge in [-0.25, -0.2) is 8.42 Å². The van der Waals surface area contributed by atoms with E-state index in [2.05, 4.69) is 5.32 Å². The smallest absolute Gasteiger partial charge is 0.242 e. The van der Waals surface area contributed by atoms with Crippen LogP contribution in [0.25, 0.3) is 0 Å². The molecule has 0 saturated carbocycles. The van der Waals surface area contributed by atoms with Gasteiger partial charge in [-0.3, -0.25) is 4.79 Å².